The smallest absolute Gasteiger partial charge is 0.0229 e. The molecule has 0 aromatic rings. The molecule has 1 atom stereocenters. The molecule has 1 aliphatic rings. The van der Waals surface area contributed by atoms with E-state index < -0.39 is 0 Å². The van der Waals surface area contributed by atoms with Gasteiger partial charge in [-0.15, -0.1) is 0 Å². The summed E-state index contributed by atoms with van der Waals surface area (Å²) in [5, 5.41) is 1.16. The Hall–Kier alpha value is 0.400. The first-order chi connectivity index (χ1) is 8.56. The van der Waals surface area contributed by atoms with Crippen molar-refractivity contribution in [3.63, 3.8) is 0 Å². The van der Waals surface area contributed by atoms with Gasteiger partial charge in [0.1, 0.15) is 0 Å². The van der Waals surface area contributed by atoms with Gasteiger partial charge in [0.05, 0.1) is 0 Å². The Morgan fingerprint density at radius 2 is 1.83 bits per heavy atom. The van der Waals surface area contributed by atoms with E-state index in [4.69, 9.17) is 0 Å². The van der Waals surface area contributed by atoms with Crippen molar-refractivity contribution in [2.45, 2.75) is 52.0 Å². The lowest BCUT2D eigenvalue weighted by Gasteiger charge is -2.36. The van der Waals surface area contributed by atoms with Crippen LogP contribution in [0.1, 0.15) is 46.0 Å². The maximum Gasteiger partial charge on any atom is 0.0229 e. The van der Waals surface area contributed by atoms with Gasteiger partial charge in [0.2, 0.25) is 0 Å². The molecule has 0 saturated carbocycles. The standard InChI is InChI=1S/C15H31BrN2/c1-5-8-15(12-16,9-6-2)13-18-10-7-14(11-18)17(3)4/h14H,5-13H2,1-4H3. The first kappa shape index (κ1) is 16.5. The van der Waals surface area contributed by atoms with Gasteiger partial charge in [0.15, 0.2) is 0 Å². The quantitative estimate of drug-likeness (QED) is 0.631. The van der Waals surface area contributed by atoms with Crippen LogP contribution in [0, 0.1) is 5.41 Å². The largest absolute Gasteiger partial charge is 0.305 e. The van der Waals surface area contributed by atoms with Crippen LogP contribution in [0.4, 0.5) is 0 Å². The lowest BCUT2D eigenvalue weighted by molar-refractivity contribution is 0.161. The molecule has 1 aliphatic heterocycles. The van der Waals surface area contributed by atoms with Crippen molar-refractivity contribution in [3.8, 4) is 0 Å². The molecule has 0 aromatic carbocycles. The number of halogens is 1. The summed E-state index contributed by atoms with van der Waals surface area (Å²) in [6.07, 6.45) is 6.65. The molecule has 0 bridgehead atoms. The zero-order valence-electron chi connectivity index (χ0n) is 12.7. The van der Waals surface area contributed by atoms with Gasteiger partial charge in [0.25, 0.3) is 0 Å². The second-order valence-electron chi connectivity index (χ2n) is 6.27. The lowest BCUT2D eigenvalue weighted by Crippen LogP contribution is -2.39. The number of rotatable bonds is 8. The molecule has 2 nitrogen and oxygen atoms in total. The number of likely N-dealkylation sites (N-methyl/N-ethyl adjacent to an activating group) is 1. The molecule has 18 heavy (non-hydrogen) atoms. The highest BCUT2D eigenvalue weighted by Crippen LogP contribution is 2.34. The Labute approximate surface area is 122 Å². The Bertz CT molecular complexity index is 225. The zero-order chi connectivity index (χ0) is 13.6. The molecule has 1 saturated heterocycles. The van der Waals surface area contributed by atoms with E-state index in [-0.39, 0.29) is 0 Å². The molecular weight excluding hydrogens is 288 g/mol. The molecule has 0 aromatic heterocycles. The zero-order valence-corrected chi connectivity index (χ0v) is 14.3. The maximum atomic E-state index is 3.79. The number of hydrogen-bond acceptors (Lipinski definition) is 2. The summed E-state index contributed by atoms with van der Waals surface area (Å²) in [6.45, 7) is 8.46. The van der Waals surface area contributed by atoms with Gasteiger partial charge in [-0.25, -0.2) is 0 Å². The van der Waals surface area contributed by atoms with E-state index in [9.17, 15) is 0 Å². The summed E-state index contributed by atoms with van der Waals surface area (Å²) >= 11 is 3.79. The van der Waals surface area contributed by atoms with Crippen LogP contribution in [0.15, 0.2) is 0 Å². The first-order valence-corrected chi connectivity index (χ1v) is 8.63. The molecule has 0 amide bonds. The van der Waals surface area contributed by atoms with Gasteiger partial charge in [-0.3, -0.25) is 0 Å². The van der Waals surface area contributed by atoms with Crippen LogP contribution in [-0.2, 0) is 0 Å². The molecule has 108 valence electrons. The number of alkyl halides is 1. The van der Waals surface area contributed by atoms with Crippen molar-refractivity contribution < 1.29 is 0 Å². The highest BCUT2D eigenvalue weighted by molar-refractivity contribution is 9.09. The van der Waals surface area contributed by atoms with Crippen molar-refractivity contribution in [2.24, 2.45) is 5.41 Å². The van der Waals surface area contributed by atoms with Crippen LogP contribution in [0.3, 0.4) is 0 Å². The fourth-order valence-electron chi connectivity index (χ4n) is 3.37. The highest BCUT2D eigenvalue weighted by atomic mass is 79.9. The second-order valence-corrected chi connectivity index (χ2v) is 6.84. The Morgan fingerprint density at radius 3 is 2.22 bits per heavy atom. The monoisotopic (exact) mass is 318 g/mol. The van der Waals surface area contributed by atoms with Crippen molar-refractivity contribution >= 4 is 15.9 Å². The predicted octanol–water partition coefficient (Wildman–Crippen LogP) is 3.60. The Balaban J connectivity index is 2.55. The fraction of sp³-hybridized carbons (Fsp3) is 1.00. The lowest BCUT2D eigenvalue weighted by atomic mass is 9.81. The van der Waals surface area contributed by atoms with E-state index in [1.54, 1.807) is 0 Å². The second kappa shape index (κ2) is 7.86. The van der Waals surface area contributed by atoms with Crippen molar-refractivity contribution in [1.29, 1.82) is 0 Å². The summed E-state index contributed by atoms with van der Waals surface area (Å²) in [5.41, 5.74) is 0.505. The van der Waals surface area contributed by atoms with Gasteiger partial charge in [-0.1, -0.05) is 42.6 Å². The number of hydrogen-bond donors (Lipinski definition) is 0. The maximum absolute atomic E-state index is 3.79. The highest BCUT2D eigenvalue weighted by Gasteiger charge is 2.33. The molecule has 3 heteroatoms. The van der Waals surface area contributed by atoms with Crippen LogP contribution in [0.2, 0.25) is 0 Å². The van der Waals surface area contributed by atoms with Crippen LogP contribution in [-0.4, -0.2) is 54.9 Å². The number of nitrogens with zero attached hydrogens (tertiary/aromatic N) is 2. The van der Waals surface area contributed by atoms with E-state index in [0.29, 0.717) is 5.41 Å². The minimum atomic E-state index is 0.505. The molecule has 1 heterocycles. The van der Waals surface area contributed by atoms with Gasteiger partial charge >= 0.3 is 0 Å². The summed E-state index contributed by atoms with van der Waals surface area (Å²) in [7, 11) is 4.42. The third-order valence-corrected chi connectivity index (χ3v) is 5.57. The van der Waals surface area contributed by atoms with Crippen molar-refractivity contribution in [3.05, 3.63) is 0 Å². The normalized spacial score (nSPS) is 22.0. The molecule has 0 spiro atoms. The molecule has 0 aliphatic carbocycles. The van der Waals surface area contributed by atoms with E-state index in [0.717, 1.165) is 11.4 Å². The SMILES string of the molecule is CCCC(CBr)(CCC)CN1CCC(N(C)C)C1. The van der Waals surface area contributed by atoms with Crippen LogP contribution < -0.4 is 0 Å². The minimum absolute atomic E-state index is 0.505. The molecular formula is C15H31BrN2. The molecule has 1 rings (SSSR count). The van der Waals surface area contributed by atoms with E-state index in [1.165, 1.54) is 51.7 Å². The third kappa shape index (κ3) is 4.50. The minimum Gasteiger partial charge on any atom is -0.305 e. The average Bonchev–Trinajstić information content (AvgIpc) is 2.78. The summed E-state index contributed by atoms with van der Waals surface area (Å²) in [4.78, 5) is 5.08. The summed E-state index contributed by atoms with van der Waals surface area (Å²) in [6, 6.07) is 0.765. The summed E-state index contributed by atoms with van der Waals surface area (Å²) in [5.74, 6) is 0. The van der Waals surface area contributed by atoms with E-state index in [2.05, 4.69) is 53.7 Å². The van der Waals surface area contributed by atoms with E-state index >= 15 is 0 Å². The van der Waals surface area contributed by atoms with Crippen molar-refractivity contribution in [1.82, 2.24) is 9.80 Å². The van der Waals surface area contributed by atoms with Crippen LogP contribution >= 0.6 is 15.9 Å². The molecule has 0 radical (unpaired) electrons. The fourth-order valence-corrected chi connectivity index (χ4v) is 4.11. The molecule has 1 unspecified atom stereocenters. The first-order valence-electron chi connectivity index (χ1n) is 7.51. The average molecular weight is 319 g/mol. The van der Waals surface area contributed by atoms with Gasteiger partial charge in [-0.05, 0) is 45.3 Å². The third-order valence-electron chi connectivity index (χ3n) is 4.38. The Kier molecular flexibility index (Phi) is 7.19. The topological polar surface area (TPSA) is 6.48 Å². The van der Waals surface area contributed by atoms with Crippen LogP contribution in [0.5, 0.6) is 0 Å². The van der Waals surface area contributed by atoms with Gasteiger partial charge < -0.3 is 9.80 Å². The van der Waals surface area contributed by atoms with Gasteiger partial charge in [0, 0.05) is 24.5 Å². The number of likely N-dealkylation sites (tertiary alicyclic amines) is 1. The molecule has 0 N–H and O–H groups in total. The predicted molar refractivity (Wildman–Crippen MR) is 84.6 cm³/mol. The van der Waals surface area contributed by atoms with E-state index in [1.807, 2.05) is 0 Å². The van der Waals surface area contributed by atoms with Crippen LogP contribution in [0.25, 0.3) is 0 Å². The van der Waals surface area contributed by atoms with Gasteiger partial charge in [-0.2, -0.15) is 0 Å². The summed E-state index contributed by atoms with van der Waals surface area (Å²) < 4.78 is 0. The molecule has 1 fully saturated rings. The van der Waals surface area contributed by atoms with Crippen molar-refractivity contribution in [2.75, 3.05) is 39.1 Å². The Morgan fingerprint density at radius 1 is 1.22 bits per heavy atom.